The first-order valence-corrected chi connectivity index (χ1v) is 12.7. The van der Waals surface area contributed by atoms with Crippen LogP contribution >= 0.6 is 0 Å². The van der Waals surface area contributed by atoms with Crippen LogP contribution in [0.4, 0.5) is 22.0 Å². The van der Waals surface area contributed by atoms with Crippen LogP contribution in [-0.2, 0) is 5.41 Å². The molecule has 1 aromatic carbocycles. The SMILES string of the molecule is Cc1oc(-c2cncc([C@@]34CC[C@@H](c5cc(-c6c(F)cccc6F)nnc53)C(C)(C)C4)n2)nc1[C@H](O)C(F)(F)F. The number of hydrogen-bond donors (Lipinski definition) is 1. The van der Waals surface area contributed by atoms with Crippen LogP contribution in [0.15, 0.2) is 41.1 Å². The van der Waals surface area contributed by atoms with Crippen molar-refractivity contribution in [2.45, 2.75) is 63.6 Å². The van der Waals surface area contributed by atoms with E-state index in [-0.39, 0.29) is 39.9 Å². The average molecular weight is 558 g/mol. The van der Waals surface area contributed by atoms with Crippen LogP contribution in [0.2, 0.25) is 0 Å². The first kappa shape index (κ1) is 26.4. The highest BCUT2D eigenvalue weighted by atomic mass is 19.4. The van der Waals surface area contributed by atoms with Crippen molar-refractivity contribution in [1.29, 1.82) is 0 Å². The molecule has 3 aliphatic carbocycles. The molecule has 0 spiro atoms. The minimum absolute atomic E-state index is 0.0606. The van der Waals surface area contributed by atoms with Gasteiger partial charge in [0.05, 0.1) is 34.3 Å². The summed E-state index contributed by atoms with van der Waals surface area (Å²) in [5.41, 5.74) is 0.258. The van der Waals surface area contributed by atoms with E-state index in [1.165, 1.54) is 31.3 Å². The van der Waals surface area contributed by atoms with Gasteiger partial charge in [-0.25, -0.2) is 18.7 Å². The molecule has 208 valence electrons. The quantitative estimate of drug-likeness (QED) is 0.292. The van der Waals surface area contributed by atoms with Crippen LogP contribution < -0.4 is 0 Å². The Balaban J connectivity index is 1.47. The molecule has 3 aliphatic rings. The van der Waals surface area contributed by atoms with Crippen LogP contribution in [0, 0.1) is 24.0 Å². The maximum absolute atomic E-state index is 14.6. The number of aliphatic hydroxyl groups excluding tert-OH is 1. The summed E-state index contributed by atoms with van der Waals surface area (Å²) < 4.78 is 74.0. The first-order valence-electron chi connectivity index (χ1n) is 12.7. The molecule has 1 saturated carbocycles. The summed E-state index contributed by atoms with van der Waals surface area (Å²) in [6.45, 7) is 5.50. The lowest BCUT2D eigenvalue weighted by atomic mass is 9.49. The zero-order chi connectivity index (χ0) is 28.6. The number of hydrogen-bond acceptors (Lipinski definition) is 7. The summed E-state index contributed by atoms with van der Waals surface area (Å²) in [6, 6.07) is 5.32. The van der Waals surface area contributed by atoms with Crippen LogP contribution in [0.25, 0.3) is 22.8 Å². The molecule has 12 heteroatoms. The number of oxazole rings is 1. The van der Waals surface area contributed by atoms with Crippen LogP contribution in [0.1, 0.15) is 73.5 Å². The number of benzene rings is 1. The third kappa shape index (κ3) is 3.99. The minimum atomic E-state index is -4.91. The van der Waals surface area contributed by atoms with Gasteiger partial charge in [0.25, 0.3) is 0 Å². The molecule has 7 rings (SSSR count). The molecule has 3 atom stereocenters. The fourth-order valence-corrected chi connectivity index (χ4v) is 6.42. The van der Waals surface area contributed by atoms with Gasteiger partial charge in [0.2, 0.25) is 5.89 Å². The Labute approximate surface area is 225 Å². The van der Waals surface area contributed by atoms with Gasteiger partial charge in [-0.3, -0.25) is 4.98 Å². The second-order valence-corrected chi connectivity index (χ2v) is 11.2. The fraction of sp³-hybridized carbons (Fsp3) is 0.393. The normalized spacial score (nSPS) is 22.3. The van der Waals surface area contributed by atoms with Crippen molar-refractivity contribution >= 4 is 0 Å². The predicted octanol–water partition coefficient (Wildman–Crippen LogP) is 6.36. The van der Waals surface area contributed by atoms with Crippen molar-refractivity contribution in [3.8, 4) is 22.8 Å². The van der Waals surface area contributed by atoms with E-state index < -0.39 is 35.0 Å². The molecule has 0 amide bonds. The molecule has 1 fully saturated rings. The molecule has 0 radical (unpaired) electrons. The maximum Gasteiger partial charge on any atom is 0.420 e. The zero-order valence-corrected chi connectivity index (χ0v) is 21.7. The third-order valence-electron chi connectivity index (χ3n) is 8.18. The Kier molecular flexibility index (Phi) is 5.85. The second kappa shape index (κ2) is 8.85. The van der Waals surface area contributed by atoms with E-state index in [9.17, 15) is 27.1 Å². The highest BCUT2D eigenvalue weighted by molar-refractivity contribution is 5.63. The highest BCUT2D eigenvalue weighted by Crippen LogP contribution is 2.62. The lowest BCUT2D eigenvalue weighted by Crippen LogP contribution is -2.49. The van der Waals surface area contributed by atoms with Crippen LogP contribution in [-0.4, -0.2) is 36.4 Å². The maximum atomic E-state index is 14.6. The molecule has 3 aromatic heterocycles. The van der Waals surface area contributed by atoms with E-state index >= 15 is 0 Å². The average Bonchev–Trinajstić information content (AvgIpc) is 3.28. The van der Waals surface area contributed by atoms with Crippen molar-refractivity contribution in [2.75, 3.05) is 0 Å². The summed E-state index contributed by atoms with van der Waals surface area (Å²) in [5.74, 6) is -1.81. The number of nitrogens with zero attached hydrogens (tertiary/aromatic N) is 5. The molecule has 0 unspecified atom stereocenters. The number of fused-ring (bicyclic) bond motifs is 2. The van der Waals surface area contributed by atoms with Crippen molar-refractivity contribution in [3.05, 3.63) is 76.7 Å². The summed E-state index contributed by atoms with van der Waals surface area (Å²) in [4.78, 5) is 12.9. The number of halogens is 5. The van der Waals surface area contributed by atoms with E-state index in [4.69, 9.17) is 9.40 Å². The lowest BCUT2D eigenvalue weighted by molar-refractivity contribution is -0.208. The summed E-state index contributed by atoms with van der Waals surface area (Å²) in [7, 11) is 0. The Morgan fingerprint density at radius 3 is 2.45 bits per heavy atom. The molecule has 7 nitrogen and oxygen atoms in total. The smallest absolute Gasteiger partial charge is 0.420 e. The van der Waals surface area contributed by atoms with Crippen molar-refractivity contribution < 1.29 is 31.5 Å². The van der Waals surface area contributed by atoms with Crippen LogP contribution in [0.5, 0.6) is 0 Å². The van der Waals surface area contributed by atoms with Gasteiger partial charge in [-0.2, -0.15) is 18.3 Å². The lowest BCUT2D eigenvalue weighted by Gasteiger charge is -2.54. The van der Waals surface area contributed by atoms with E-state index in [1.807, 2.05) is 0 Å². The van der Waals surface area contributed by atoms with Gasteiger partial charge in [0, 0.05) is 6.20 Å². The number of aliphatic hydroxyl groups is 1. The zero-order valence-electron chi connectivity index (χ0n) is 21.7. The highest BCUT2D eigenvalue weighted by Gasteiger charge is 2.56. The largest absolute Gasteiger partial charge is 0.440 e. The standard InChI is InChI=1S/C28H24F5N5O2/c1-13-22(24(39)28(31,32)33)36-25(40-13)19-10-34-11-20(35-19)27-8-7-15(26(2,3)12-27)14-9-18(37-38-23(14)27)21-16(29)5-4-6-17(21)30/h4-6,9-11,15,24,39H,7-8,12H2,1-3H3/t15-,24-,27-/m0/s1. The Hall–Kier alpha value is -3.80. The number of alkyl halides is 3. The monoisotopic (exact) mass is 557 g/mol. The first-order chi connectivity index (χ1) is 18.8. The fourth-order valence-electron chi connectivity index (χ4n) is 6.42. The van der Waals surface area contributed by atoms with E-state index in [1.54, 1.807) is 12.3 Å². The van der Waals surface area contributed by atoms with Crippen molar-refractivity contribution in [3.63, 3.8) is 0 Å². The topological polar surface area (TPSA) is 97.8 Å². The Bertz CT molecular complexity index is 1620. The summed E-state index contributed by atoms with van der Waals surface area (Å²) in [6.07, 6.45) is -2.79. The van der Waals surface area contributed by atoms with E-state index in [0.717, 1.165) is 12.0 Å². The molecular formula is C28H24F5N5O2. The van der Waals surface area contributed by atoms with Gasteiger partial charge in [0.15, 0.2) is 6.10 Å². The molecule has 3 heterocycles. The Morgan fingerprint density at radius 2 is 1.77 bits per heavy atom. The van der Waals surface area contributed by atoms with Crippen LogP contribution in [0.3, 0.4) is 0 Å². The molecule has 4 aromatic rings. The molecule has 2 bridgehead atoms. The third-order valence-corrected chi connectivity index (χ3v) is 8.18. The van der Waals surface area contributed by atoms with E-state index in [0.29, 0.717) is 24.2 Å². The Morgan fingerprint density at radius 1 is 1.05 bits per heavy atom. The second-order valence-electron chi connectivity index (χ2n) is 11.2. The van der Waals surface area contributed by atoms with Gasteiger partial charge < -0.3 is 9.52 Å². The van der Waals surface area contributed by atoms with Gasteiger partial charge in [0.1, 0.15) is 28.8 Å². The number of aryl methyl sites for hydroxylation is 1. The van der Waals surface area contributed by atoms with Gasteiger partial charge in [-0.15, -0.1) is 5.10 Å². The number of rotatable bonds is 4. The molecule has 1 N–H and O–H groups in total. The summed E-state index contributed by atoms with van der Waals surface area (Å²) in [5, 5.41) is 18.4. The summed E-state index contributed by atoms with van der Waals surface area (Å²) >= 11 is 0. The molecular weight excluding hydrogens is 533 g/mol. The molecule has 0 aliphatic heterocycles. The molecule has 40 heavy (non-hydrogen) atoms. The predicted molar refractivity (Wildman–Crippen MR) is 132 cm³/mol. The molecule has 0 saturated heterocycles. The number of aromatic nitrogens is 5. The van der Waals surface area contributed by atoms with Crippen molar-refractivity contribution in [2.24, 2.45) is 5.41 Å². The van der Waals surface area contributed by atoms with Crippen molar-refractivity contribution in [1.82, 2.24) is 25.1 Å². The van der Waals surface area contributed by atoms with Gasteiger partial charge in [-0.1, -0.05) is 19.9 Å². The van der Waals surface area contributed by atoms with Gasteiger partial charge >= 0.3 is 6.18 Å². The van der Waals surface area contributed by atoms with E-state index in [2.05, 4.69) is 34.0 Å². The minimum Gasteiger partial charge on any atom is -0.440 e. The van der Waals surface area contributed by atoms with Gasteiger partial charge in [-0.05, 0) is 61.3 Å².